The Morgan fingerprint density at radius 2 is 2.03 bits per heavy atom. The maximum Gasteiger partial charge on any atom is 0.257 e. The number of ketones is 1. The second-order valence-corrected chi connectivity index (χ2v) is 7.88. The van der Waals surface area contributed by atoms with E-state index in [1.54, 1.807) is 41.1 Å². The molecule has 4 aromatic rings. The van der Waals surface area contributed by atoms with Crippen LogP contribution >= 0.6 is 0 Å². The lowest BCUT2D eigenvalue weighted by molar-refractivity contribution is 0.101. The molecule has 7 nitrogen and oxygen atoms in total. The molecule has 1 aliphatic carbocycles. The maximum absolute atomic E-state index is 15.3. The van der Waals surface area contributed by atoms with Crippen molar-refractivity contribution in [2.24, 2.45) is 0 Å². The van der Waals surface area contributed by atoms with Crippen LogP contribution in [0.15, 0.2) is 55.0 Å². The van der Waals surface area contributed by atoms with Crippen molar-refractivity contribution in [2.75, 3.05) is 12.4 Å². The summed E-state index contributed by atoms with van der Waals surface area (Å²) in [7, 11) is 1.52. The molecule has 1 saturated carbocycles. The van der Waals surface area contributed by atoms with Crippen LogP contribution in [0.3, 0.4) is 0 Å². The molecular weight excluding hydrogens is 411 g/mol. The predicted molar refractivity (Wildman–Crippen MR) is 118 cm³/mol. The van der Waals surface area contributed by atoms with Crippen LogP contribution in [0.1, 0.15) is 46.7 Å². The Kier molecular flexibility index (Phi) is 4.77. The molecule has 1 N–H and O–H groups in total. The first-order chi connectivity index (χ1) is 15.5. The zero-order chi connectivity index (χ0) is 22.4. The Hall–Kier alpha value is -3.94. The molecule has 0 spiro atoms. The number of benzene rings is 1. The second kappa shape index (κ2) is 7.64. The number of hydrogen-bond donors (Lipinski definition) is 1. The molecule has 0 radical (unpaired) electrons. The average molecular weight is 432 g/mol. The van der Waals surface area contributed by atoms with Crippen LogP contribution in [0, 0.1) is 5.82 Å². The molecule has 0 saturated heterocycles. The van der Waals surface area contributed by atoms with E-state index in [1.165, 1.54) is 26.2 Å². The van der Waals surface area contributed by atoms with E-state index < -0.39 is 11.7 Å². The number of carbonyl (C=O) groups excluding carboxylic acids is 2. The van der Waals surface area contributed by atoms with Gasteiger partial charge in [-0.3, -0.25) is 14.3 Å². The van der Waals surface area contributed by atoms with Crippen LogP contribution in [0.2, 0.25) is 0 Å². The summed E-state index contributed by atoms with van der Waals surface area (Å²) < 4.78 is 24.0. The van der Waals surface area contributed by atoms with Crippen molar-refractivity contribution >= 4 is 22.9 Å². The van der Waals surface area contributed by atoms with Gasteiger partial charge in [0.1, 0.15) is 5.75 Å². The molecule has 5 rings (SSSR count). The number of halogens is 1. The van der Waals surface area contributed by atoms with Gasteiger partial charge in [-0.2, -0.15) is 5.10 Å². The topological polar surface area (TPSA) is 77.6 Å². The Labute approximate surface area is 183 Å². The number of nitrogens with one attached hydrogen (secondary N) is 1. The van der Waals surface area contributed by atoms with E-state index in [0.29, 0.717) is 34.1 Å². The minimum atomic E-state index is -0.538. The van der Waals surface area contributed by atoms with Gasteiger partial charge in [-0.05, 0) is 31.0 Å². The standard InChI is InChI=1S/C24H21FN4O3/c1-14(30)21-11-19(22-10-17(32-2)8-9-28(21)22)24(31)27-20-5-3-4-18(23(20)25)15-12-26-29(13-15)16-6-7-16/h3-5,8-13,16H,6-7H2,1-2H3,(H,27,31). The summed E-state index contributed by atoms with van der Waals surface area (Å²) in [5.41, 5.74) is 2.17. The molecule has 0 aliphatic heterocycles. The fourth-order valence-corrected chi connectivity index (χ4v) is 3.82. The molecule has 1 aromatic carbocycles. The number of ether oxygens (including phenoxy) is 1. The lowest BCUT2D eigenvalue weighted by atomic mass is 10.1. The number of pyridine rings is 1. The van der Waals surface area contributed by atoms with E-state index in [4.69, 9.17) is 4.74 Å². The fraction of sp³-hybridized carbons (Fsp3) is 0.208. The number of hydrogen-bond acceptors (Lipinski definition) is 4. The number of methoxy groups -OCH3 is 1. The summed E-state index contributed by atoms with van der Waals surface area (Å²) in [6, 6.07) is 10.1. The molecule has 3 heterocycles. The maximum atomic E-state index is 15.3. The number of rotatable bonds is 6. The molecule has 1 aliphatic rings. The zero-order valence-corrected chi connectivity index (χ0v) is 17.6. The number of nitrogens with zero attached hydrogens (tertiary/aromatic N) is 3. The van der Waals surface area contributed by atoms with E-state index in [-0.39, 0.29) is 17.0 Å². The summed E-state index contributed by atoms with van der Waals surface area (Å²) in [4.78, 5) is 25.2. The van der Waals surface area contributed by atoms with Crippen molar-refractivity contribution in [2.45, 2.75) is 25.8 Å². The Bertz CT molecular complexity index is 1370. The summed E-state index contributed by atoms with van der Waals surface area (Å²) in [5, 5.41) is 6.97. The number of Topliss-reactive ketones (excluding diaryl/α,β-unsaturated/α-hetero) is 1. The van der Waals surface area contributed by atoms with Gasteiger partial charge in [-0.15, -0.1) is 0 Å². The second-order valence-electron chi connectivity index (χ2n) is 7.88. The number of anilines is 1. The first kappa shape index (κ1) is 20.0. The zero-order valence-electron chi connectivity index (χ0n) is 17.6. The molecule has 1 fully saturated rings. The minimum absolute atomic E-state index is 0.0540. The SMILES string of the molecule is COc1ccn2c(C(C)=O)cc(C(=O)Nc3cccc(-c4cnn(C5CC5)c4)c3F)c2c1. The number of fused-ring (bicyclic) bond motifs is 1. The molecule has 8 heteroatoms. The highest BCUT2D eigenvalue weighted by Crippen LogP contribution is 2.36. The molecule has 1 amide bonds. The van der Waals surface area contributed by atoms with Gasteiger partial charge in [-0.25, -0.2) is 4.39 Å². The highest BCUT2D eigenvalue weighted by Gasteiger charge is 2.25. The van der Waals surface area contributed by atoms with Crippen molar-refractivity contribution in [3.63, 3.8) is 0 Å². The third-order valence-corrected chi connectivity index (χ3v) is 5.66. The van der Waals surface area contributed by atoms with E-state index in [0.717, 1.165) is 12.8 Å². The highest BCUT2D eigenvalue weighted by molar-refractivity contribution is 6.11. The van der Waals surface area contributed by atoms with E-state index >= 15 is 4.39 Å². The first-order valence-electron chi connectivity index (χ1n) is 10.3. The van der Waals surface area contributed by atoms with Crippen LogP contribution in [0.25, 0.3) is 16.6 Å². The monoisotopic (exact) mass is 432 g/mol. The van der Waals surface area contributed by atoms with E-state index in [9.17, 15) is 9.59 Å². The third-order valence-electron chi connectivity index (χ3n) is 5.66. The van der Waals surface area contributed by atoms with Crippen molar-refractivity contribution in [1.29, 1.82) is 0 Å². The predicted octanol–water partition coefficient (Wildman–Crippen LogP) is 4.74. The van der Waals surface area contributed by atoms with E-state index in [2.05, 4.69) is 10.4 Å². The van der Waals surface area contributed by atoms with Crippen molar-refractivity contribution in [3.8, 4) is 16.9 Å². The number of amides is 1. The van der Waals surface area contributed by atoms with Gasteiger partial charge in [-0.1, -0.05) is 12.1 Å². The molecule has 3 aromatic heterocycles. The van der Waals surface area contributed by atoms with Crippen molar-refractivity contribution in [1.82, 2.24) is 14.2 Å². The van der Waals surface area contributed by atoms with Crippen LogP contribution < -0.4 is 10.1 Å². The van der Waals surface area contributed by atoms with Gasteiger partial charge in [0.25, 0.3) is 5.91 Å². The third kappa shape index (κ3) is 3.43. The smallest absolute Gasteiger partial charge is 0.257 e. The van der Waals surface area contributed by atoms with Crippen LogP contribution in [0.5, 0.6) is 5.75 Å². The number of aromatic nitrogens is 3. The summed E-state index contributed by atoms with van der Waals surface area (Å²) in [6.45, 7) is 1.43. The lowest BCUT2D eigenvalue weighted by Crippen LogP contribution is -2.13. The Morgan fingerprint density at radius 3 is 2.75 bits per heavy atom. The van der Waals surface area contributed by atoms with Gasteiger partial charge < -0.3 is 14.5 Å². The van der Waals surface area contributed by atoms with Crippen LogP contribution in [-0.2, 0) is 0 Å². The van der Waals surface area contributed by atoms with Crippen molar-refractivity contribution in [3.05, 3.63) is 72.1 Å². The van der Waals surface area contributed by atoms with Gasteiger partial charge in [0.15, 0.2) is 11.6 Å². The van der Waals surface area contributed by atoms with Crippen LogP contribution in [0.4, 0.5) is 10.1 Å². The molecule has 162 valence electrons. The highest BCUT2D eigenvalue weighted by atomic mass is 19.1. The van der Waals surface area contributed by atoms with Crippen LogP contribution in [-0.4, -0.2) is 33.0 Å². The number of carbonyl (C=O) groups is 2. The molecule has 0 atom stereocenters. The van der Waals surface area contributed by atoms with E-state index in [1.807, 2.05) is 10.9 Å². The summed E-state index contributed by atoms with van der Waals surface area (Å²) >= 11 is 0. The Balaban J connectivity index is 1.50. The minimum Gasteiger partial charge on any atom is -0.497 e. The van der Waals surface area contributed by atoms with Gasteiger partial charge in [0.2, 0.25) is 0 Å². The largest absolute Gasteiger partial charge is 0.497 e. The molecule has 32 heavy (non-hydrogen) atoms. The van der Waals surface area contributed by atoms with Gasteiger partial charge in [0.05, 0.1) is 41.8 Å². The first-order valence-corrected chi connectivity index (χ1v) is 10.3. The molecule has 0 bridgehead atoms. The normalized spacial score (nSPS) is 13.3. The molecular formula is C24H21FN4O3. The summed E-state index contributed by atoms with van der Waals surface area (Å²) in [5.74, 6) is -0.706. The lowest BCUT2D eigenvalue weighted by Gasteiger charge is -2.09. The Morgan fingerprint density at radius 1 is 1.22 bits per heavy atom. The van der Waals surface area contributed by atoms with Gasteiger partial charge in [0, 0.05) is 36.5 Å². The quantitative estimate of drug-likeness (QED) is 0.447. The van der Waals surface area contributed by atoms with Gasteiger partial charge >= 0.3 is 0 Å². The van der Waals surface area contributed by atoms with Crippen molar-refractivity contribution < 1.29 is 18.7 Å². The summed E-state index contributed by atoms with van der Waals surface area (Å²) in [6.07, 6.45) is 7.29. The molecule has 0 unspecified atom stereocenters. The fourth-order valence-electron chi connectivity index (χ4n) is 3.82. The average Bonchev–Trinajstić information content (AvgIpc) is 3.39.